The molecule has 0 aliphatic carbocycles. The lowest BCUT2D eigenvalue weighted by atomic mass is 9.82. The minimum atomic E-state index is -0.00521. The number of carbonyl (C=O) groups excluding carboxylic acids is 1. The third kappa shape index (κ3) is 4.45. The van der Waals surface area contributed by atoms with E-state index in [2.05, 4.69) is 33.4 Å². The molecule has 0 N–H and O–H groups in total. The number of furan rings is 1. The lowest BCUT2D eigenvalue weighted by Crippen LogP contribution is -2.14. The molecule has 0 aromatic carbocycles. The van der Waals surface area contributed by atoms with Crippen molar-refractivity contribution < 1.29 is 9.21 Å². The van der Waals surface area contributed by atoms with Crippen LogP contribution in [0, 0.1) is 12.3 Å². The fourth-order valence-electron chi connectivity index (χ4n) is 2.08. The predicted molar refractivity (Wildman–Crippen MR) is 83.0 cm³/mol. The number of aryl methyl sites for hydroxylation is 1. The number of rotatable bonds is 7. The van der Waals surface area contributed by atoms with Crippen molar-refractivity contribution in [3.8, 4) is 0 Å². The van der Waals surface area contributed by atoms with Crippen molar-refractivity contribution in [2.24, 2.45) is 5.41 Å². The summed E-state index contributed by atoms with van der Waals surface area (Å²) in [5.41, 5.74) is 0.659. The van der Waals surface area contributed by atoms with Crippen LogP contribution < -0.4 is 5.46 Å². The number of Topliss-reactive ketones (excluding diaryl/α,β-unsaturated/α-hetero) is 1. The molecule has 0 aliphatic heterocycles. The maximum absolute atomic E-state index is 12.2. The maximum atomic E-state index is 12.2. The van der Waals surface area contributed by atoms with Gasteiger partial charge in [0.25, 0.3) is 0 Å². The molecule has 0 fully saturated rings. The molecule has 1 aromatic rings. The lowest BCUT2D eigenvalue weighted by molar-refractivity contribution is 0.0928. The van der Waals surface area contributed by atoms with Crippen molar-refractivity contribution in [1.29, 1.82) is 0 Å². The standard InChI is InChI=1S/C15H23BO2S/c1-5-6-8-15(3,4)9-7-11(17)13-14(19)12(16)10(2)18-13/h19H,5-9H2,1-4H3. The van der Waals surface area contributed by atoms with Crippen molar-refractivity contribution in [3.05, 3.63) is 11.5 Å². The highest BCUT2D eigenvalue weighted by Crippen LogP contribution is 2.30. The van der Waals surface area contributed by atoms with E-state index in [1.54, 1.807) is 6.92 Å². The summed E-state index contributed by atoms with van der Waals surface area (Å²) in [6.45, 7) is 8.35. The van der Waals surface area contributed by atoms with Crippen molar-refractivity contribution >= 4 is 31.7 Å². The van der Waals surface area contributed by atoms with E-state index in [9.17, 15) is 4.79 Å². The molecule has 0 saturated heterocycles. The fourth-order valence-corrected chi connectivity index (χ4v) is 2.41. The Morgan fingerprint density at radius 3 is 2.47 bits per heavy atom. The van der Waals surface area contributed by atoms with Crippen LogP contribution in [0.3, 0.4) is 0 Å². The van der Waals surface area contributed by atoms with E-state index in [-0.39, 0.29) is 11.2 Å². The monoisotopic (exact) mass is 278 g/mol. The smallest absolute Gasteiger partial charge is 0.199 e. The van der Waals surface area contributed by atoms with Crippen molar-refractivity contribution in [3.63, 3.8) is 0 Å². The van der Waals surface area contributed by atoms with Gasteiger partial charge in [0.15, 0.2) is 11.5 Å². The molecule has 104 valence electrons. The molecule has 0 aliphatic rings. The van der Waals surface area contributed by atoms with Gasteiger partial charge in [-0.2, -0.15) is 0 Å². The van der Waals surface area contributed by atoms with Crippen LogP contribution in [0.5, 0.6) is 0 Å². The molecule has 4 heteroatoms. The van der Waals surface area contributed by atoms with Crippen LogP contribution in [-0.2, 0) is 0 Å². The first-order chi connectivity index (χ1) is 8.78. The van der Waals surface area contributed by atoms with Gasteiger partial charge in [-0.15, -0.1) is 12.6 Å². The van der Waals surface area contributed by atoms with E-state index in [1.807, 2.05) is 0 Å². The van der Waals surface area contributed by atoms with Crippen LogP contribution in [0.15, 0.2) is 9.31 Å². The highest BCUT2D eigenvalue weighted by Gasteiger charge is 2.22. The summed E-state index contributed by atoms with van der Waals surface area (Å²) in [6, 6.07) is 0. The Kier molecular flexibility index (Phi) is 5.78. The predicted octanol–water partition coefficient (Wildman–Crippen LogP) is 3.85. The maximum Gasteiger partial charge on any atom is 0.199 e. The molecule has 0 bridgehead atoms. The third-order valence-electron chi connectivity index (χ3n) is 3.59. The van der Waals surface area contributed by atoms with Crippen LogP contribution in [0.25, 0.3) is 0 Å². The Morgan fingerprint density at radius 1 is 1.37 bits per heavy atom. The quantitative estimate of drug-likeness (QED) is 0.466. The topological polar surface area (TPSA) is 30.2 Å². The molecule has 1 rings (SSSR count). The molecule has 2 nitrogen and oxygen atoms in total. The Labute approximate surface area is 123 Å². The fraction of sp³-hybridized carbons (Fsp3) is 0.667. The van der Waals surface area contributed by atoms with Crippen molar-refractivity contribution in [2.45, 2.75) is 64.7 Å². The number of thiol groups is 1. The molecule has 0 spiro atoms. The molecule has 1 aromatic heterocycles. The van der Waals surface area contributed by atoms with Crippen molar-refractivity contribution in [2.75, 3.05) is 0 Å². The van der Waals surface area contributed by atoms with Gasteiger partial charge in [0, 0.05) is 11.3 Å². The largest absolute Gasteiger partial charge is 0.458 e. The van der Waals surface area contributed by atoms with Gasteiger partial charge in [-0.1, -0.05) is 33.6 Å². The minimum absolute atomic E-state index is 0.00521. The van der Waals surface area contributed by atoms with Crippen molar-refractivity contribution in [1.82, 2.24) is 0 Å². The second-order valence-electron chi connectivity index (χ2n) is 5.94. The van der Waals surface area contributed by atoms with Crippen LogP contribution in [0.4, 0.5) is 0 Å². The third-order valence-corrected chi connectivity index (χ3v) is 4.04. The second kappa shape index (κ2) is 6.69. The van der Waals surface area contributed by atoms with E-state index < -0.39 is 0 Å². The van der Waals surface area contributed by atoms with Gasteiger partial charge in [-0.3, -0.25) is 4.79 Å². The molecule has 0 amide bonds. The Bertz CT molecular complexity index is 449. The number of unbranched alkanes of at least 4 members (excludes halogenated alkanes) is 1. The van der Waals surface area contributed by atoms with Gasteiger partial charge in [0.2, 0.25) is 0 Å². The van der Waals surface area contributed by atoms with Crippen LogP contribution in [-0.4, -0.2) is 13.6 Å². The first-order valence-electron chi connectivity index (χ1n) is 6.89. The first-order valence-corrected chi connectivity index (χ1v) is 7.34. The highest BCUT2D eigenvalue weighted by atomic mass is 32.1. The van der Waals surface area contributed by atoms with E-state index in [4.69, 9.17) is 12.3 Å². The molecule has 0 atom stereocenters. The molecule has 0 saturated carbocycles. The zero-order valence-electron chi connectivity index (χ0n) is 12.4. The van der Waals surface area contributed by atoms with Gasteiger partial charge >= 0.3 is 0 Å². The summed E-state index contributed by atoms with van der Waals surface area (Å²) in [5.74, 6) is 0.873. The minimum Gasteiger partial charge on any atom is -0.458 e. The number of carbonyl (C=O) groups is 1. The average molecular weight is 278 g/mol. The molecule has 19 heavy (non-hydrogen) atoms. The van der Waals surface area contributed by atoms with E-state index in [0.717, 1.165) is 12.8 Å². The van der Waals surface area contributed by atoms with E-state index in [0.29, 0.717) is 28.3 Å². The number of hydrogen-bond donors (Lipinski definition) is 1. The summed E-state index contributed by atoms with van der Waals surface area (Å²) in [6.07, 6.45) is 4.87. The second-order valence-corrected chi connectivity index (χ2v) is 6.39. The molecular weight excluding hydrogens is 255 g/mol. The molecule has 1 heterocycles. The Balaban J connectivity index is 2.63. The van der Waals surface area contributed by atoms with Gasteiger partial charge in [0.05, 0.1) is 5.76 Å². The van der Waals surface area contributed by atoms with Gasteiger partial charge in [-0.05, 0) is 30.6 Å². The summed E-state index contributed by atoms with van der Waals surface area (Å²) >= 11 is 4.25. The van der Waals surface area contributed by atoms with Crippen LogP contribution in [0.2, 0.25) is 0 Å². The van der Waals surface area contributed by atoms with Crippen LogP contribution in [0.1, 0.15) is 69.2 Å². The summed E-state index contributed by atoms with van der Waals surface area (Å²) in [4.78, 5) is 12.6. The van der Waals surface area contributed by atoms with Gasteiger partial charge in [0.1, 0.15) is 7.85 Å². The number of ketones is 1. The Morgan fingerprint density at radius 2 is 2.00 bits per heavy atom. The summed E-state index contributed by atoms with van der Waals surface area (Å²) in [7, 11) is 5.77. The first kappa shape index (κ1) is 16.4. The van der Waals surface area contributed by atoms with E-state index >= 15 is 0 Å². The van der Waals surface area contributed by atoms with Crippen LogP contribution >= 0.6 is 12.6 Å². The van der Waals surface area contributed by atoms with E-state index in [1.165, 1.54) is 12.8 Å². The zero-order chi connectivity index (χ0) is 14.6. The SMILES string of the molecule is [B]c1c(C)oc(C(=O)CCC(C)(C)CCCC)c1S. The number of hydrogen-bond acceptors (Lipinski definition) is 3. The summed E-state index contributed by atoms with van der Waals surface area (Å²) < 4.78 is 5.40. The highest BCUT2D eigenvalue weighted by molar-refractivity contribution is 7.80. The Hall–Kier alpha value is -0.635. The molecule has 2 radical (unpaired) electrons. The average Bonchev–Trinajstić information content (AvgIpc) is 2.61. The summed E-state index contributed by atoms with van der Waals surface area (Å²) in [5, 5.41) is 0. The lowest BCUT2D eigenvalue weighted by Gasteiger charge is -2.23. The normalized spacial score (nSPS) is 11.8. The molecular formula is C15H23BO2S. The van der Waals surface area contributed by atoms with Gasteiger partial charge < -0.3 is 4.42 Å². The van der Waals surface area contributed by atoms with Gasteiger partial charge in [-0.25, -0.2) is 0 Å². The molecule has 0 unspecified atom stereocenters. The zero-order valence-corrected chi connectivity index (χ0v) is 13.3.